The van der Waals surface area contributed by atoms with Gasteiger partial charge in [0, 0.05) is 0 Å². The third kappa shape index (κ3) is 3.59. The van der Waals surface area contributed by atoms with Gasteiger partial charge in [-0.2, -0.15) is 26.3 Å². The fourth-order valence-electron chi connectivity index (χ4n) is 2.01. The lowest BCUT2D eigenvalue weighted by Crippen LogP contribution is -2.15. The van der Waals surface area contributed by atoms with Gasteiger partial charge >= 0.3 is 12.4 Å². The lowest BCUT2D eigenvalue weighted by molar-refractivity contribution is -0.138. The van der Waals surface area contributed by atoms with Crippen LogP contribution in [0.15, 0.2) is 48.5 Å². The molecule has 22 heavy (non-hydrogen) atoms. The van der Waals surface area contributed by atoms with Crippen molar-refractivity contribution in [3.8, 4) is 0 Å². The van der Waals surface area contributed by atoms with E-state index in [1.54, 1.807) is 0 Å². The minimum absolute atomic E-state index is 0.0918. The smallest absolute Gasteiger partial charge is 0.320 e. The fraction of sp³-hybridized carbons (Fsp3) is 0.200. The molecule has 0 spiro atoms. The number of benzene rings is 2. The highest BCUT2D eigenvalue weighted by molar-refractivity contribution is 5.37. The van der Waals surface area contributed by atoms with Gasteiger partial charge < -0.3 is 5.73 Å². The molecule has 2 N–H and O–H groups in total. The topological polar surface area (TPSA) is 26.0 Å². The number of alkyl halides is 6. The second-order valence-electron chi connectivity index (χ2n) is 4.72. The summed E-state index contributed by atoms with van der Waals surface area (Å²) in [5, 5.41) is 0. The molecule has 2 aromatic carbocycles. The second-order valence-corrected chi connectivity index (χ2v) is 4.72. The Balaban J connectivity index is 2.38. The van der Waals surface area contributed by atoms with Crippen LogP contribution in [0.4, 0.5) is 26.3 Å². The molecule has 0 atom stereocenters. The fourth-order valence-corrected chi connectivity index (χ4v) is 2.01. The van der Waals surface area contributed by atoms with Crippen LogP contribution in [0, 0.1) is 0 Å². The number of nitrogens with two attached hydrogens (primary N) is 1. The Bertz CT molecular complexity index is 602. The third-order valence-electron chi connectivity index (χ3n) is 3.15. The first-order chi connectivity index (χ1) is 10.1. The maximum absolute atomic E-state index is 12.7. The van der Waals surface area contributed by atoms with Gasteiger partial charge in [-0.3, -0.25) is 0 Å². The molecule has 0 aliphatic rings. The predicted molar refractivity (Wildman–Crippen MR) is 68.9 cm³/mol. The highest BCUT2D eigenvalue weighted by Crippen LogP contribution is 2.33. The van der Waals surface area contributed by atoms with Crippen molar-refractivity contribution in [2.75, 3.05) is 0 Å². The Kier molecular flexibility index (Phi) is 4.19. The molecule has 0 aromatic heterocycles. The van der Waals surface area contributed by atoms with Crippen LogP contribution in [0.3, 0.4) is 0 Å². The van der Waals surface area contributed by atoms with Gasteiger partial charge in [-0.15, -0.1) is 0 Å². The Morgan fingerprint density at radius 2 is 1.05 bits per heavy atom. The van der Waals surface area contributed by atoms with Crippen LogP contribution >= 0.6 is 0 Å². The van der Waals surface area contributed by atoms with Crippen LogP contribution in [0.25, 0.3) is 0 Å². The van der Waals surface area contributed by atoms with Crippen molar-refractivity contribution in [3.05, 3.63) is 70.8 Å². The molecule has 0 aliphatic heterocycles. The largest absolute Gasteiger partial charge is 0.416 e. The third-order valence-corrected chi connectivity index (χ3v) is 3.15. The van der Waals surface area contributed by atoms with E-state index in [0.29, 0.717) is 0 Å². The second kappa shape index (κ2) is 5.64. The molecule has 0 amide bonds. The van der Waals surface area contributed by atoms with E-state index in [-0.39, 0.29) is 11.1 Å². The van der Waals surface area contributed by atoms with Gasteiger partial charge in [-0.1, -0.05) is 24.3 Å². The van der Waals surface area contributed by atoms with Gasteiger partial charge in [-0.25, -0.2) is 0 Å². The standard InChI is InChI=1S/C15H11F6N/c16-14(17,18)11-5-1-3-9(7-11)13(22)10-4-2-6-12(8-10)15(19,20)21/h1-8,13H,22H2. The number of hydrogen-bond acceptors (Lipinski definition) is 1. The average molecular weight is 319 g/mol. The van der Waals surface area contributed by atoms with Crippen LogP contribution in [0.5, 0.6) is 0 Å². The van der Waals surface area contributed by atoms with Crippen LogP contribution in [0.1, 0.15) is 28.3 Å². The molecule has 118 valence electrons. The van der Waals surface area contributed by atoms with E-state index in [1.807, 2.05) is 0 Å². The molecular weight excluding hydrogens is 308 g/mol. The zero-order chi connectivity index (χ0) is 16.5. The molecule has 0 fully saturated rings. The minimum atomic E-state index is -4.54. The average Bonchev–Trinajstić information content (AvgIpc) is 2.45. The molecule has 2 rings (SSSR count). The summed E-state index contributed by atoms with van der Waals surface area (Å²) in [5.74, 6) is 0. The van der Waals surface area contributed by atoms with Gasteiger partial charge in [0.2, 0.25) is 0 Å². The van der Waals surface area contributed by atoms with E-state index in [9.17, 15) is 26.3 Å². The van der Waals surface area contributed by atoms with Crippen LogP contribution in [-0.2, 0) is 12.4 Å². The van der Waals surface area contributed by atoms with E-state index >= 15 is 0 Å². The molecule has 0 aliphatic carbocycles. The first kappa shape index (κ1) is 16.4. The van der Waals surface area contributed by atoms with Gasteiger partial charge in [0.05, 0.1) is 17.2 Å². The minimum Gasteiger partial charge on any atom is -0.320 e. The van der Waals surface area contributed by atoms with Gasteiger partial charge in [0.1, 0.15) is 0 Å². The molecule has 1 nitrogen and oxygen atoms in total. The molecule has 0 saturated carbocycles. The normalized spacial score (nSPS) is 12.7. The predicted octanol–water partition coefficient (Wildman–Crippen LogP) is 4.77. The van der Waals surface area contributed by atoms with E-state index in [2.05, 4.69) is 0 Å². The van der Waals surface area contributed by atoms with Crippen molar-refractivity contribution < 1.29 is 26.3 Å². The van der Waals surface area contributed by atoms with E-state index in [4.69, 9.17) is 5.73 Å². The molecule has 0 heterocycles. The number of rotatable bonds is 2. The summed E-state index contributed by atoms with van der Waals surface area (Å²) in [6, 6.07) is 7.39. The van der Waals surface area contributed by atoms with Crippen molar-refractivity contribution >= 4 is 0 Å². The number of halogens is 6. The lowest BCUT2D eigenvalue weighted by atomic mass is 9.96. The first-order valence-corrected chi connectivity index (χ1v) is 6.19. The molecule has 2 aromatic rings. The van der Waals surface area contributed by atoms with Gasteiger partial charge in [0.15, 0.2) is 0 Å². The highest BCUT2D eigenvalue weighted by atomic mass is 19.4. The Labute approximate surface area is 122 Å². The van der Waals surface area contributed by atoms with Gasteiger partial charge in [0.25, 0.3) is 0 Å². The maximum atomic E-state index is 12.7. The zero-order valence-corrected chi connectivity index (χ0v) is 11.0. The Hall–Kier alpha value is -2.02. The summed E-state index contributed by atoms with van der Waals surface area (Å²) in [5.41, 5.74) is 4.20. The van der Waals surface area contributed by atoms with Crippen molar-refractivity contribution in [2.24, 2.45) is 5.73 Å². The number of hydrogen-bond donors (Lipinski definition) is 1. The SMILES string of the molecule is NC(c1cccc(C(F)(F)F)c1)c1cccc(C(F)(F)F)c1. The van der Waals surface area contributed by atoms with Crippen LogP contribution < -0.4 is 5.73 Å². The Morgan fingerprint density at radius 3 is 1.36 bits per heavy atom. The molecule has 0 radical (unpaired) electrons. The first-order valence-electron chi connectivity index (χ1n) is 6.19. The lowest BCUT2D eigenvalue weighted by Gasteiger charge is -2.16. The zero-order valence-electron chi connectivity index (χ0n) is 11.0. The summed E-state index contributed by atoms with van der Waals surface area (Å²) in [6.45, 7) is 0. The summed E-state index contributed by atoms with van der Waals surface area (Å²) >= 11 is 0. The monoisotopic (exact) mass is 319 g/mol. The molecule has 0 bridgehead atoms. The van der Waals surface area contributed by atoms with E-state index in [1.165, 1.54) is 24.3 Å². The van der Waals surface area contributed by atoms with Crippen LogP contribution in [-0.4, -0.2) is 0 Å². The molecule has 7 heteroatoms. The quantitative estimate of drug-likeness (QED) is 0.793. The highest BCUT2D eigenvalue weighted by Gasteiger charge is 2.32. The summed E-state index contributed by atoms with van der Waals surface area (Å²) in [4.78, 5) is 0. The maximum Gasteiger partial charge on any atom is 0.416 e. The van der Waals surface area contributed by atoms with Crippen molar-refractivity contribution in [1.82, 2.24) is 0 Å². The Morgan fingerprint density at radius 1 is 0.682 bits per heavy atom. The molecular formula is C15H11F6N. The molecule has 0 unspecified atom stereocenters. The summed E-state index contributed by atoms with van der Waals surface area (Å²) < 4.78 is 76.0. The van der Waals surface area contributed by atoms with E-state index < -0.39 is 29.5 Å². The van der Waals surface area contributed by atoms with Crippen LogP contribution in [0.2, 0.25) is 0 Å². The van der Waals surface area contributed by atoms with Gasteiger partial charge in [-0.05, 0) is 35.4 Å². The van der Waals surface area contributed by atoms with Crippen molar-refractivity contribution in [2.45, 2.75) is 18.4 Å². The van der Waals surface area contributed by atoms with E-state index in [0.717, 1.165) is 24.3 Å². The molecule has 0 saturated heterocycles. The van der Waals surface area contributed by atoms with Crippen molar-refractivity contribution in [1.29, 1.82) is 0 Å². The summed E-state index contributed by atoms with van der Waals surface area (Å²) in [6.07, 6.45) is -9.08. The van der Waals surface area contributed by atoms with Crippen molar-refractivity contribution in [3.63, 3.8) is 0 Å². The summed E-state index contributed by atoms with van der Waals surface area (Å²) in [7, 11) is 0.